The fourth-order valence-electron chi connectivity index (χ4n) is 4.98. The number of hydrogen-bond acceptors (Lipinski definition) is 7. The van der Waals surface area contributed by atoms with Crippen molar-refractivity contribution in [3.8, 4) is 17.2 Å². The van der Waals surface area contributed by atoms with E-state index < -0.39 is 11.9 Å². The lowest BCUT2D eigenvalue weighted by Gasteiger charge is -2.37. The number of carbonyl (C=O) groups is 2. The number of ketones is 1. The first kappa shape index (κ1) is 25.4. The Bertz CT molecular complexity index is 1230. The Hall–Kier alpha value is -3.74. The van der Waals surface area contributed by atoms with Crippen molar-refractivity contribution in [2.75, 3.05) is 14.2 Å². The minimum atomic E-state index is -0.572. The maximum Gasteiger partial charge on any atom is 0.337 e. The molecule has 0 amide bonds. The highest BCUT2D eigenvalue weighted by atomic mass is 16.5. The molecule has 2 aliphatic rings. The van der Waals surface area contributed by atoms with Gasteiger partial charge in [-0.1, -0.05) is 25.1 Å². The van der Waals surface area contributed by atoms with Crippen molar-refractivity contribution < 1.29 is 28.9 Å². The van der Waals surface area contributed by atoms with Crippen LogP contribution in [-0.2, 0) is 14.3 Å². The summed E-state index contributed by atoms with van der Waals surface area (Å²) in [6.07, 6.45) is 1.35. The predicted molar refractivity (Wildman–Crippen MR) is 136 cm³/mol. The zero-order chi connectivity index (χ0) is 26.0. The van der Waals surface area contributed by atoms with Crippen molar-refractivity contribution in [3.63, 3.8) is 0 Å². The summed E-state index contributed by atoms with van der Waals surface area (Å²) in [6, 6.07) is 12.4. The second kappa shape index (κ2) is 10.5. The molecule has 2 N–H and O–H groups in total. The number of hydrogen-bond donors (Lipinski definition) is 2. The van der Waals surface area contributed by atoms with E-state index in [9.17, 15) is 14.7 Å². The van der Waals surface area contributed by atoms with Gasteiger partial charge in [0.1, 0.15) is 5.75 Å². The number of allylic oxidation sites excluding steroid dienone is 3. The molecule has 2 aromatic carbocycles. The van der Waals surface area contributed by atoms with Gasteiger partial charge < -0.3 is 24.6 Å². The largest absolute Gasteiger partial charge is 0.508 e. The second-order valence-electron chi connectivity index (χ2n) is 9.35. The Kier molecular flexibility index (Phi) is 7.38. The maximum absolute atomic E-state index is 13.7. The summed E-state index contributed by atoms with van der Waals surface area (Å²) in [6.45, 7) is 5.65. The normalized spacial score (nSPS) is 20.4. The molecule has 0 bridgehead atoms. The summed E-state index contributed by atoms with van der Waals surface area (Å²) in [7, 11) is 3.18. The fourth-order valence-corrected chi connectivity index (χ4v) is 4.98. The average molecular weight is 492 g/mol. The predicted octanol–water partition coefficient (Wildman–Crippen LogP) is 5.11. The minimum Gasteiger partial charge on any atom is -0.508 e. The summed E-state index contributed by atoms with van der Waals surface area (Å²) in [5.74, 6) is 0.288. The molecule has 3 atom stereocenters. The number of nitrogens with one attached hydrogen (secondary N) is 1. The van der Waals surface area contributed by atoms with Crippen molar-refractivity contribution in [1.29, 1.82) is 0 Å². The quantitative estimate of drug-likeness (QED) is 0.520. The van der Waals surface area contributed by atoms with E-state index in [0.29, 0.717) is 47.6 Å². The summed E-state index contributed by atoms with van der Waals surface area (Å²) in [5, 5.41) is 13.2. The number of aromatic hydroxyl groups is 1. The third-order valence-electron chi connectivity index (χ3n) is 7.04. The van der Waals surface area contributed by atoms with Gasteiger partial charge in [0.25, 0.3) is 0 Å². The molecule has 190 valence electrons. The van der Waals surface area contributed by atoms with E-state index in [4.69, 9.17) is 14.2 Å². The molecule has 0 saturated heterocycles. The molecule has 7 nitrogen and oxygen atoms in total. The number of phenols is 1. The molecule has 0 fully saturated rings. The molecule has 1 aliphatic heterocycles. The highest BCUT2D eigenvalue weighted by Crippen LogP contribution is 2.46. The molecule has 4 rings (SSSR count). The first-order chi connectivity index (χ1) is 17.3. The van der Waals surface area contributed by atoms with Crippen molar-refractivity contribution in [3.05, 3.63) is 76.1 Å². The van der Waals surface area contributed by atoms with Gasteiger partial charge in [0.15, 0.2) is 17.3 Å². The highest BCUT2D eigenvalue weighted by Gasteiger charge is 2.41. The fraction of sp³-hybridized carbons (Fsp3) is 0.379. The van der Waals surface area contributed by atoms with E-state index in [1.807, 2.05) is 39.0 Å². The molecular weight excluding hydrogens is 458 g/mol. The van der Waals surface area contributed by atoms with E-state index in [0.717, 1.165) is 16.8 Å². The number of phenolic OH excluding ortho intramolecular Hbond substituents is 1. The summed E-state index contributed by atoms with van der Waals surface area (Å²) in [5.41, 5.74) is 4.23. The van der Waals surface area contributed by atoms with E-state index in [-0.39, 0.29) is 23.6 Å². The first-order valence-electron chi connectivity index (χ1n) is 12.2. The van der Waals surface area contributed by atoms with Crippen LogP contribution in [0.25, 0.3) is 0 Å². The Labute approximate surface area is 211 Å². The van der Waals surface area contributed by atoms with Crippen LogP contribution >= 0.6 is 0 Å². The third kappa shape index (κ3) is 4.83. The number of rotatable bonds is 7. The topological polar surface area (TPSA) is 94.1 Å². The molecule has 1 aliphatic carbocycles. The first-order valence-corrected chi connectivity index (χ1v) is 12.2. The van der Waals surface area contributed by atoms with Crippen LogP contribution in [0.4, 0.5) is 0 Å². The summed E-state index contributed by atoms with van der Waals surface area (Å²) in [4.78, 5) is 27.0. The number of benzene rings is 2. The Balaban J connectivity index is 1.76. The molecular formula is C29H33NO6. The van der Waals surface area contributed by atoms with Crippen molar-refractivity contribution >= 4 is 11.8 Å². The maximum atomic E-state index is 13.7. The minimum absolute atomic E-state index is 0.0250. The van der Waals surface area contributed by atoms with Gasteiger partial charge in [-0.05, 0) is 68.0 Å². The molecule has 2 aromatic rings. The lowest BCUT2D eigenvalue weighted by atomic mass is 9.71. The molecule has 1 heterocycles. The smallest absolute Gasteiger partial charge is 0.337 e. The van der Waals surface area contributed by atoms with E-state index >= 15 is 0 Å². The number of Topliss-reactive ketones (excluding diaryl/α,β-unsaturated/α-hetero) is 1. The summed E-state index contributed by atoms with van der Waals surface area (Å²) >= 11 is 0. The summed E-state index contributed by atoms with van der Waals surface area (Å²) < 4.78 is 16.5. The van der Waals surface area contributed by atoms with Gasteiger partial charge in [0, 0.05) is 29.3 Å². The third-order valence-corrected chi connectivity index (χ3v) is 7.04. The zero-order valence-electron chi connectivity index (χ0n) is 21.4. The lowest BCUT2D eigenvalue weighted by Crippen LogP contribution is -2.36. The monoisotopic (exact) mass is 491 g/mol. The van der Waals surface area contributed by atoms with Gasteiger partial charge in [-0.3, -0.25) is 4.79 Å². The zero-order valence-corrected chi connectivity index (χ0v) is 21.4. The van der Waals surface area contributed by atoms with E-state index in [2.05, 4.69) is 5.32 Å². The standard InChI is InChI=1S/C29H33NO6/c1-6-16(2)36-29(33)26-17(3)30-22-13-20(19-9-12-24(34-4)25(15-19)35-5)14-23(32)28(22)27(26)18-7-10-21(31)11-8-18/h7-12,15-16,20,27,30-31H,6,13-14H2,1-5H3/t16-,20+,27-/m0/s1. The van der Waals surface area contributed by atoms with Crippen LogP contribution in [0.15, 0.2) is 65.0 Å². The van der Waals surface area contributed by atoms with Gasteiger partial charge in [-0.25, -0.2) is 4.79 Å². The van der Waals surface area contributed by atoms with Crippen LogP contribution in [0.1, 0.15) is 63.0 Å². The van der Waals surface area contributed by atoms with E-state index in [1.165, 1.54) is 0 Å². The van der Waals surface area contributed by atoms with Gasteiger partial charge in [-0.2, -0.15) is 0 Å². The second-order valence-corrected chi connectivity index (χ2v) is 9.35. The van der Waals surface area contributed by atoms with Gasteiger partial charge >= 0.3 is 5.97 Å². The number of carbonyl (C=O) groups excluding carboxylic acids is 2. The van der Waals surface area contributed by atoms with Crippen LogP contribution in [0.2, 0.25) is 0 Å². The lowest BCUT2D eigenvalue weighted by molar-refractivity contribution is -0.144. The van der Waals surface area contributed by atoms with E-state index in [1.54, 1.807) is 38.5 Å². The Morgan fingerprint density at radius 2 is 1.72 bits per heavy atom. The van der Waals surface area contributed by atoms with Crippen LogP contribution < -0.4 is 14.8 Å². The Morgan fingerprint density at radius 3 is 2.36 bits per heavy atom. The number of esters is 1. The SMILES string of the molecule is CC[C@H](C)OC(=O)C1=C(C)NC2=C(C(=O)C[C@H](c3ccc(OC)c(OC)c3)C2)[C@H]1c1ccc(O)cc1. The molecule has 36 heavy (non-hydrogen) atoms. The molecule has 0 aromatic heterocycles. The van der Waals surface area contributed by atoms with Crippen LogP contribution in [0.5, 0.6) is 17.2 Å². The van der Waals surface area contributed by atoms with Gasteiger partial charge in [-0.15, -0.1) is 0 Å². The number of methoxy groups -OCH3 is 2. The van der Waals surface area contributed by atoms with Crippen LogP contribution in [0, 0.1) is 0 Å². The molecule has 0 radical (unpaired) electrons. The van der Waals surface area contributed by atoms with Crippen LogP contribution in [-0.4, -0.2) is 37.2 Å². The molecule has 0 spiro atoms. The number of ether oxygens (including phenoxy) is 3. The van der Waals surface area contributed by atoms with Gasteiger partial charge in [0.05, 0.1) is 25.9 Å². The van der Waals surface area contributed by atoms with Gasteiger partial charge in [0.2, 0.25) is 0 Å². The molecule has 0 unspecified atom stereocenters. The Morgan fingerprint density at radius 1 is 1.06 bits per heavy atom. The number of dihydropyridines is 1. The highest BCUT2D eigenvalue weighted by molar-refractivity contribution is 6.04. The van der Waals surface area contributed by atoms with Crippen LogP contribution in [0.3, 0.4) is 0 Å². The average Bonchev–Trinajstić information content (AvgIpc) is 2.87. The molecule has 7 heteroatoms. The van der Waals surface area contributed by atoms with Crippen molar-refractivity contribution in [2.24, 2.45) is 0 Å². The van der Waals surface area contributed by atoms with Crippen molar-refractivity contribution in [1.82, 2.24) is 5.32 Å². The van der Waals surface area contributed by atoms with Crippen molar-refractivity contribution in [2.45, 2.75) is 58.0 Å². The molecule has 0 saturated carbocycles.